The maximum absolute atomic E-state index is 11.9. The van der Waals surface area contributed by atoms with Gasteiger partial charge in [0.05, 0.1) is 23.0 Å². The first-order valence-electron chi connectivity index (χ1n) is 5.83. The molecule has 5 nitrogen and oxygen atoms in total. The number of rotatable bonds is 3. The van der Waals surface area contributed by atoms with Gasteiger partial charge in [-0.05, 0) is 30.3 Å². The van der Waals surface area contributed by atoms with Gasteiger partial charge in [-0.3, -0.25) is 4.79 Å². The maximum Gasteiger partial charge on any atom is 0.291 e. The van der Waals surface area contributed by atoms with E-state index in [9.17, 15) is 4.79 Å². The topological polar surface area (TPSA) is 92.0 Å². The number of amides is 1. The van der Waals surface area contributed by atoms with Gasteiger partial charge >= 0.3 is 0 Å². The molecule has 0 unspecified atom stereocenters. The maximum atomic E-state index is 11.9. The van der Waals surface area contributed by atoms with Crippen LogP contribution in [0.1, 0.15) is 28.8 Å². The van der Waals surface area contributed by atoms with E-state index in [4.69, 9.17) is 15.4 Å². The zero-order chi connectivity index (χ0) is 13.8. The van der Waals surface area contributed by atoms with Crippen LogP contribution in [0.4, 0.5) is 11.4 Å². The van der Waals surface area contributed by atoms with Crippen molar-refractivity contribution in [3.05, 3.63) is 47.4 Å². The quantitative estimate of drug-likeness (QED) is 0.824. The Kier molecular flexibility index (Phi) is 3.53. The molecule has 0 aliphatic heterocycles. The number of nitrogens with zero attached hydrogens (tertiary/aromatic N) is 1. The summed E-state index contributed by atoms with van der Waals surface area (Å²) >= 11 is 0. The van der Waals surface area contributed by atoms with E-state index < -0.39 is 0 Å². The largest absolute Gasteiger partial charge is 0.456 e. The minimum atomic E-state index is -0.365. The molecule has 0 saturated carbocycles. The number of nitrogens with two attached hydrogens (primary N) is 1. The molecule has 0 bridgehead atoms. The van der Waals surface area contributed by atoms with Crippen molar-refractivity contribution in [2.24, 2.45) is 0 Å². The minimum Gasteiger partial charge on any atom is -0.456 e. The summed E-state index contributed by atoms with van der Waals surface area (Å²) in [5, 5.41) is 11.4. The molecule has 5 heteroatoms. The highest BCUT2D eigenvalue weighted by molar-refractivity contribution is 6.04. The molecule has 0 spiro atoms. The van der Waals surface area contributed by atoms with E-state index in [1.165, 1.54) is 6.07 Å². The molecule has 3 N–H and O–H groups in total. The predicted molar refractivity (Wildman–Crippen MR) is 71.6 cm³/mol. The molecular weight excluding hydrogens is 242 g/mol. The summed E-state index contributed by atoms with van der Waals surface area (Å²) < 4.78 is 5.35. The second-order valence-electron chi connectivity index (χ2n) is 3.99. The lowest BCUT2D eigenvalue weighted by molar-refractivity contribution is 0.0995. The number of benzene rings is 1. The lowest BCUT2D eigenvalue weighted by Gasteiger charge is -2.06. The molecule has 2 aromatic rings. The van der Waals surface area contributed by atoms with Crippen LogP contribution < -0.4 is 11.1 Å². The van der Waals surface area contributed by atoms with Gasteiger partial charge in [0.1, 0.15) is 5.76 Å². The molecule has 0 saturated heterocycles. The van der Waals surface area contributed by atoms with Crippen molar-refractivity contribution in [3.8, 4) is 6.07 Å². The van der Waals surface area contributed by atoms with Crippen LogP contribution in [0.3, 0.4) is 0 Å². The first-order valence-corrected chi connectivity index (χ1v) is 5.83. The van der Waals surface area contributed by atoms with Gasteiger partial charge in [0.25, 0.3) is 5.91 Å². The number of hydrogen-bond donors (Lipinski definition) is 2. The zero-order valence-electron chi connectivity index (χ0n) is 10.4. The van der Waals surface area contributed by atoms with Crippen molar-refractivity contribution in [3.63, 3.8) is 0 Å². The number of aryl methyl sites for hydroxylation is 1. The molecule has 0 fully saturated rings. The van der Waals surface area contributed by atoms with E-state index >= 15 is 0 Å². The van der Waals surface area contributed by atoms with Gasteiger partial charge in [-0.25, -0.2) is 0 Å². The standard InChI is InChI=1S/C14H13N3O2/c1-2-10-4-6-13(19-10)14(18)17-12-5-3-9(8-15)7-11(12)16/h3-7H,2,16H2,1H3,(H,17,18). The predicted octanol–water partition coefficient (Wildman–Crippen LogP) is 2.55. The first-order chi connectivity index (χ1) is 9.13. The molecule has 1 aromatic carbocycles. The summed E-state index contributed by atoms with van der Waals surface area (Å²) in [5.41, 5.74) is 7.00. The summed E-state index contributed by atoms with van der Waals surface area (Å²) in [5.74, 6) is 0.620. The number of nitriles is 1. The highest BCUT2D eigenvalue weighted by Gasteiger charge is 2.12. The van der Waals surface area contributed by atoms with E-state index in [-0.39, 0.29) is 11.7 Å². The Morgan fingerprint density at radius 1 is 1.42 bits per heavy atom. The van der Waals surface area contributed by atoms with E-state index in [0.29, 0.717) is 16.9 Å². The number of nitrogens with one attached hydrogen (secondary N) is 1. The number of carbonyl (C=O) groups excluding carboxylic acids is 1. The SMILES string of the molecule is CCc1ccc(C(=O)Nc2ccc(C#N)cc2N)o1. The van der Waals surface area contributed by atoms with E-state index in [1.54, 1.807) is 24.3 Å². The molecule has 2 rings (SSSR count). The molecule has 0 aliphatic carbocycles. The van der Waals surface area contributed by atoms with Crippen LogP contribution in [0, 0.1) is 11.3 Å². The Labute approximate surface area is 110 Å². The van der Waals surface area contributed by atoms with E-state index in [0.717, 1.165) is 12.2 Å². The molecule has 96 valence electrons. The third kappa shape index (κ3) is 2.75. The first kappa shape index (κ1) is 12.7. The van der Waals surface area contributed by atoms with Gasteiger partial charge in [-0.1, -0.05) is 6.92 Å². The van der Waals surface area contributed by atoms with Crippen molar-refractivity contribution in [2.45, 2.75) is 13.3 Å². The van der Waals surface area contributed by atoms with Crippen LogP contribution in [0.15, 0.2) is 34.7 Å². The van der Waals surface area contributed by atoms with Gasteiger partial charge in [0, 0.05) is 6.42 Å². The van der Waals surface area contributed by atoms with Crippen molar-refractivity contribution < 1.29 is 9.21 Å². The Balaban J connectivity index is 2.17. The van der Waals surface area contributed by atoms with Crippen LogP contribution >= 0.6 is 0 Å². The van der Waals surface area contributed by atoms with E-state index in [1.807, 2.05) is 13.0 Å². The Hall–Kier alpha value is -2.74. The summed E-state index contributed by atoms with van der Waals surface area (Å²) in [4.78, 5) is 11.9. The molecule has 1 heterocycles. The highest BCUT2D eigenvalue weighted by atomic mass is 16.3. The van der Waals surface area contributed by atoms with Gasteiger partial charge in [-0.15, -0.1) is 0 Å². The summed E-state index contributed by atoms with van der Waals surface area (Å²) in [6.07, 6.45) is 0.728. The summed E-state index contributed by atoms with van der Waals surface area (Å²) in [6.45, 7) is 1.94. The molecule has 0 atom stereocenters. The van der Waals surface area contributed by atoms with Crippen LogP contribution in [0.2, 0.25) is 0 Å². The van der Waals surface area contributed by atoms with Crippen LogP contribution in [0.25, 0.3) is 0 Å². The fourth-order valence-corrected chi connectivity index (χ4v) is 1.62. The normalized spacial score (nSPS) is 9.89. The van der Waals surface area contributed by atoms with Crippen molar-refractivity contribution in [1.29, 1.82) is 5.26 Å². The number of anilines is 2. The van der Waals surface area contributed by atoms with E-state index in [2.05, 4.69) is 5.32 Å². The molecule has 1 amide bonds. The lowest BCUT2D eigenvalue weighted by atomic mass is 10.2. The minimum absolute atomic E-state index is 0.237. The van der Waals surface area contributed by atoms with Crippen molar-refractivity contribution >= 4 is 17.3 Å². The molecule has 1 aromatic heterocycles. The molecule has 19 heavy (non-hydrogen) atoms. The monoisotopic (exact) mass is 255 g/mol. The van der Waals surface area contributed by atoms with Gasteiger partial charge in [0.15, 0.2) is 5.76 Å². The Morgan fingerprint density at radius 2 is 2.21 bits per heavy atom. The zero-order valence-corrected chi connectivity index (χ0v) is 10.4. The number of nitrogen functional groups attached to an aromatic ring is 1. The molecule has 0 aliphatic rings. The smallest absolute Gasteiger partial charge is 0.291 e. The Bertz CT molecular complexity index is 653. The van der Waals surface area contributed by atoms with Gasteiger partial charge in [0.2, 0.25) is 0 Å². The van der Waals surface area contributed by atoms with Gasteiger partial charge in [-0.2, -0.15) is 5.26 Å². The third-order valence-corrected chi connectivity index (χ3v) is 2.66. The second-order valence-corrected chi connectivity index (χ2v) is 3.99. The molecule has 0 radical (unpaired) electrons. The number of carbonyl (C=O) groups is 1. The molecular formula is C14H13N3O2. The lowest BCUT2D eigenvalue weighted by Crippen LogP contribution is -2.12. The fraction of sp³-hybridized carbons (Fsp3) is 0.143. The third-order valence-electron chi connectivity index (χ3n) is 2.66. The van der Waals surface area contributed by atoms with Crippen LogP contribution in [-0.4, -0.2) is 5.91 Å². The van der Waals surface area contributed by atoms with Crippen molar-refractivity contribution in [2.75, 3.05) is 11.1 Å². The summed E-state index contributed by atoms with van der Waals surface area (Å²) in [6, 6.07) is 10.1. The second kappa shape index (κ2) is 5.27. The number of furan rings is 1. The fourth-order valence-electron chi connectivity index (χ4n) is 1.62. The number of hydrogen-bond acceptors (Lipinski definition) is 4. The average Bonchev–Trinajstić information content (AvgIpc) is 2.90. The van der Waals surface area contributed by atoms with Gasteiger partial charge < -0.3 is 15.5 Å². The van der Waals surface area contributed by atoms with Crippen LogP contribution in [0.5, 0.6) is 0 Å². The van der Waals surface area contributed by atoms with Crippen molar-refractivity contribution in [1.82, 2.24) is 0 Å². The van der Waals surface area contributed by atoms with Crippen LogP contribution in [-0.2, 0) is 6.42 Å². The summed E-state index contributed by atoms with van der Waals surface area (Å²) in [7, 11) is 0. The highest BCUT2D eigenvalue weighted by Crippen LogP contribution is 2.20. The Morgan fingerprint density at radius 3 is 2.79 bits per heavy atom. The average molecular weight is 255 g/mol.